The standard InChI is InChI=1S/C17H16N4O/c22-17(12-9-19-21(11-12)13-5-1-2-6-13)20-16-10-18-15-8-4-3-7-14(15)16/h3,7,9-11,13,18H,1-2,5-6H2,(H,20,22). The molecule has 0 aliphatic heterocycles. The molecular weight excluding hydrogens is 276 g/mol. The van der Waals surface area contributed by atoms with E-state index in [2.05, 4.69) is 27.5 Å². The van der Waals surface area contributed by atoms with Crippen molar-refractivity contribution in [2.24, 2.45) is 0 Å². The summed E-state index contributed by atoms with van der Waals surface area (Å²) >= 11 is 0. The fourth-order valence-electron chi connectivity index (χ4n) is 3.07. The Balaban J connectivity index is 1.54. The number of rotatable bonds is 3. The summed E-state index contributed by atoms with van der Waals surface area (Å²) in [4.78, 5) is 15.5. The number of hydrogen-bond acceptors (Lipinski definition) is 2. The normalized spacial score (nSPS) is 15.1. The molecule has 0 saturated heterocycles. The Kier molecular flexibility index (Phi) is 3.08. The largest absolute Gasteiger partial charge is 0.352 e. The molecular formula is C17H16N4O. The predicted octanol–water partition coefficient (Wildman–Crippen LogP) is 3.33. The van der Waals surface area contributed by atoms with E-state index < -0.39 is 0 Å². The molecule has 22 heavy (non-hydrogen) atoms. The highest BCUT2D eigenvalue weighted by atomic mass is 16.1. The van der Waals surface area contributed by atoms with Gasteiger partial charge in [0, 0.05) is 17.8 Å². The molecule has 0 unspecified atom stereocenters. The van der Waals surface area contributed by atoms with Crippen molar-refractivity contribution in [1.29, 1.82) is 0 Å². The SMILES string of the molecule is O=C(Nc1c[nH]c2c#cccc12)c1cnn(C2CCCC2)c1. The summed E-state index contributed by atoms with van der Waals surface area (Å²) < 4.78 is 1.93. The van der Waals surface area contributed by atoms with Crippen LogP contribution in [0.2, 0.25) is 0 Å². The van der Waals surface area contributed by atoms with Crippen LogP contribution in [0.3, 0.4) is 0 Å². The van der Waals surface area contributed by atoms with Crippen LogP contribution in [0.15, 0.2) is 30.7 Å². The molecule has 0 spiro atoms. The number of fused-ring (bicyclic) bond motifs is 1. The van der Waals surface area contributed by atoms with Gasteiger partial charge < -0.3 is 10.3 Å². The molecule has 3 aromatic rings. The van der Waals surface area contributed by atoms with Crippen LogP contribution < -0.4 is 5.32 Å². The van der Waals surface area contributed by atoms with Gasteiger partial charge in [-0.3, -0.25) is 9.48 Å². The van der Waals surface area contributed by atoms with Crippen LogP contribution in [0.25, 0.3) is 10.9 Å². The number of amides is 1. The minimum absolute atomic E-state index is 0.141. The lowest BCUT2D eigenvalue weighted by atomic mass is 10.2. The van der Waals surface area contributed by atoms with E-state index in [0.29, 0.717) is 11.6 Å². The van der Waals surface area contributed by atoms with Crippen molar-refractivity contribution in [3.05, 3.63) is 48.4 Å². The third-order valence-corrected chi connectivity index (χ3v) is 4.26. The zero-order chi connectivity index (χ0) is 14.9. The molecule has 110 valence electrons. The van der Waals surface area contributed by atoms with Gasteiger partial charge in [-0.2, -0.15) is 5.10 Å². The third-order valence-electron chi connectivity index (χ3n) is 4.26. The molecule has 4 rings (SSSR count). The van der Waals surface area contributed by atoms with Gasteiger partial charge in [0.1, 0.15) is 0 Å². The van der Waals surface area contributed by atoms with Crippen molar-refractivity contribution in [2.75, 3.05) is 5.32 Å². The van der Waals surface area contributed by atoms with Crippen molar-refractivity contribution < 1.29 is 4.79 Å². The number of anilines is 1. The molecule has 5 nitrogen and oxygen atoms in total. The highest BCUT2D eigenvalue weighted by Gasteiger charge is 2.19. The van der Waals surface area contributed by atoms with Crippen LogP contribution in [0.5, 0.6) is 0 Å². The van der Waals surface area contributed by atoms with Gasteiger partial charge in [0.25, 0.3) is 5.91 Å². The van der Waals surface area contributed by atoms with Gasteiger partial charge in [0.2, 0.25) is 0 Å². The van der Waals surface area contributed by atoms with Gasteiger partial charge in [-0.1, -0.05) is 18.9 Å². The smallest absolute Gasteiger partial charge is 0.258 e. The fraction of sp³-hybridized carbons (Fsp3) is 0.294. The van der Waals surface area contributed by atoms with Crippen LogP contribution in [0, 0.1) is 12.1 Å². The van der Waals surface area contributed by atoms with Crippen LogP contribution in [-0.4, -0.2) is 20.7 Å². The molecule has 1 amide bonds. The second-order valence-electron chi connectivity index (χ2n) is 5.70. The van der Waals surface area contributed by atoms with E-state index in [1.807, 2.05) is 16.9 Å². The lowest BCUT2D eigenvalue weighted by molar-refractivity contribution is 0.102. The van der Waals surface area contributed by atoms with E-state index in [-0.39, 0.29) is 5.91 Å². The Morgan fingerprint density at radius 3 is 3.14 bits per heavy atom. The summed E-state index contributed by atoms with van der Waals surface area (Å²) in [6, 6.07) is 9.99. The van der Waals surface area contributed by atoms with Gasteiger partial charge >= 0.3 is 0 Å². The quantitative estimate of drug-likeness (QED) is 0.777. The molecule has 1 fully saturated rings. The van der Waals surface area contributed by atoms with Gasteiger partial charge in [-0.15, -0.1) is 0 Å². The Hall–Kier alpha value is -2.74. The van der Waals surface area contributed by atoms with E-state index in [1.54, 1.807) is 18.5 Å². The first-order valence-electron chi connectivity index (χ1n) is 7.56. The van der Waals surface area contributed by atoms with Crippen LogP contribution in [-0.2, 0) is 0 Å². The Morgan fingerprint density at radius 1 is 1.41 bits per heavy atom. The second-order valence-corrected chi connectivity index (χ2v) is 5.70. The summed E-state index contributed by atoms with van der Waals surface area (Å²) in [5.74, 6) is -0.141. The van der Waals surface area contributed by atoms with E-state index >= 15 is 0 Å². The zero-order valence-electron chi connectivity index (χ0n) is 12.1. The van der Waals surface area contributed by atoms with Crippen molar-refractivity contribution >= 4 is 22.5 Å². The number of nitrogens with one attached hydrogen (secondary N) is 2. The number of nitrogens with zero attached hydrogens (tertiary/aromatic N) is 2. The Morgan fingerprint density at radius 2 is 2.27 bits per heavy atom. The van der Waals surface area contributed by atoms with E-state index in [0.717, 1.165) is 29.4 Å². The number of H-pyrrole nitrogens is 1. The molecule has 0 radical (unpaired) electrons. The summed E-state index contributed by atoms with van der Waals surface area (Å²) in [5.41, 5.74) is 2.17. The lowest BCUT2D eigenvalue weighted by Crippen LogP contribution is -2.11. The number of carbonyl (C=O) groups excluding carboxylic acids is 1. The number of aromatic nitrogens is 3. The fourth-order valence-corrected chi connectivity index (χ4v) is 3.07. The van der Waals surface area contributed by atoms with Crippen LogP contribution in [0.1, 0.15) is 42.1 Å². The number of carbonyl (C=O) groups is 1. The van der Waals surface area contributed by atoms with Crippen LogP contribution in [0.4, 0.5) is 5.69 Å². The number of aromatic amines is 1. The second kappa shape index (κ2) is 5.23. The highest BCUT2D eigenvalue weighted by molar-refractivity contribution is 6.08. The van der Waals surface area contributed by atoms with Gasteiger partial charge in [-0.25, -0.2) is 0 Å². The summed E-state index contributed by atoms with van der Waals surface area (Å²) in [6.07, 6.45) is 10.1. The van der Waals surface area contributed by atoms with Gasteiger partial charge in [-0.05, 0) is 31.0 Å². The average Bonchev–Trinajstić information content (AvgIpc) is 3.28. The van der Waals surface area contributed by atoms with Crippen LogP contribution >= 0.6 is 0 Å². The Labute approximate surface area is 128 Å². The lowest BCUT2D eigenvalue weighted by Gasteiger charge is -2.08. The molecule has 2 heterocycles. The van der Waals surface area contributed by atoms with E-state index in [4.69, 9.17) is 0 Å². The molecule has 0 bridgehead atoms. The van der Waals surface area contributed by atoms with E-state index in [1.165, 1.54) is 12.8 Å². The summed E-state index contributed by atoms with van der Waals surface area (Å²) in [6.45, 7) is 0. The molecule has 5 heteroatoms. The van der Waals surface area contributed by atoms with E-state index in [9.17, 15) is 4.79 Å². The summed E-state index contributed by atoms with van der Waals surface area (Å²) in [5, 5.41) is 8.20. The van der Waals surface area contributed by atoms with Crippen molar-refractivity contribution in [3.63, 3.8) is 0 Å². The first kappa shape index (κ1) is 13.0. The molecule has 2 aromatic heterocycles. The maximum absolute atomic E-state index is 12.4. The minimum Gasteiger partial charge on any atom is -0.352 e. The van der Waals surface area contributed by atoms with Crippen molar-refractivity contribution in [3.8, 4) is 0 Å². The maximum Gasteiger partial charge on any atom is 0.258 e. The predicted molar refractivity (Wildman–Crippen MR) is 83.7 cm³/mol. The van der Waals surface area contributed by atoms with Gasteiger partial charge in [0.05, 0.1) is 29.0 Å². The molecule has 1 aromatic carbocycles. The van der Waals surface area contributed by atoms with Crippen molar-refractivity contribution in [1.82, 2.24) is 14.8 Å². The molecule has 0 atom stereocenters. The molecule has 1 saturated carbocycles. The Bertz CT molecular complexity index is 811. The average molecular weight is 292 g/mol. The zero-order valence-corrected chi connectivity index (χ0v) is 12.1. The maximum atomic E-state index is 12.4. The molecule has 2 N–H and O–H groups in total. The molecule has 1 aliphatic rings. The molecule has 1 aliphatic carbocycles. The third kappa shape index (κ3) is 2.23. The van der Waals surface area contributed by atoms with Crippen molar-refractivity contribution in [2.45, 2.75) is 31.7 Å². The highest BCUT2D eigenvalue weighted by Crippen LogP contribution is 2.29. The first-order valence-corrected chi connectivity index (χ1v) is 7.56. The summed E-state index contributed by atoms with van der Waals surface area (Å²) in [7, 11) is 0. The topological polar surface area (TPSA) is 62.7 Å². The number of hydrogen-bond donors (Lipinski definition) is 2. The van der Waals surface area contributed by atoms with Gasteiger partial charge in [0.15, 0.2) is 0 Å². The minimum atomic E-state index is -0.141. The monoisotopic (exact) mass is 292 g/mol. The first-order chi connectivity index (χ1) is 10.8.